The van der Waals surface area contributed by atoms with E-state index in [1.165, 1.54) is 16.8 Å². The van der Waals surface area contributed by atoms with E-state index >= 15 is 0 Å². The zero-order valence-corrected chi connectivity index (χ0v) is 27.1. The molecule has 0 amide bonds. The van der Waals surface area contributed by atoms with Gasteiger partial charge in [0.2, 0.25) is 0 Å². The summed E-state index contributed by atoms with van der Waals surface area (Å²) in [5, 5.41) is 12.1. The van der Waals surface area contributed by atoms with E-state index in [1.54, 1.807) is 14.2 Å². The molecule has 1 fully saturated rings. The van der Waals surface area contributed by atoms with Gasteiger partial charge in [-0.2, -0.15) is 0 Å². The van der Waals surface area contributed by atoms with E-state index in [2.05, 4.69) is 17.1 Å². The zero-order chi connectivity index (χ0) is 32.1. The van der Waals surface area contributed by atoms with Crippen LogP contribution in [-0.2, 0) is 15.1 Å². The molecule has 0 unspecified atom stereocenters. The van der Waals surface area contributed by atoms with Crippen molar-refractivity contribution in [2.75, 3.05) is 20.8 Å². The number of nitrogens with one attached hydrogen (secondary N) is 1. The average molecular weight is 685 g/mol. The second-order valence-electron chi connectivity index (χ2n) is 11.0. The molecule has 1 saturated heterocycles. The molecule has 1 aliphatic rings. The van der Waals surface area contributed by atoms with Gasteiger partial charge in [0.05, 0.1) is 0 Å². The summed E-state index contributed by atoms with van der Waals surface area (Å²) >= 11 is -0.195. The third-order valence-corrected chi connectivity index (χ3v) is 11.1. The summed E-state index contributed by atoms with van der Waals surface area (Å²) in [5.41, 5.74) is 0.609. The Labute approximate surface area is 273 Å². The van der Waals surface area contributed by atoms with E-state index in [4.69, 9.17) is 14.2 Å². The maximum absolute atomic E-state index is 13.0. The van der Waals surface area contributed by atoms with Crippen molar-refractivity contribution < 1.29 is 19.4 Å². The predicted molar refractivity (Wildman–Crippen MR) is 176 cm³/mol. The van der Waals surface area contributed by atoms with Gasteiger partial charge >= 0.3 is 274 Å². The van der Waals surface area contributed by atoms with Crippen LogP contribution in [-0.4, -0.2) is 67.7 Å². The van der Waals surface area contributed by atoms with Crippen LogP contribution < -0.4 is 20.4 Å². The molecule has 0 saturated carbocycles. The van der Waals surface area contributed by atoms with Crippen LogP contribution in [0.2, 0.25) is 4.82 Å². The third-order valence-electron chi connectivity index (χ3n) is 8.20. The van der Waals surface area contributed by atoms with Crippen molar-refractivity contribution in [2.45, 2.75) is 28.8 Å². The summed E-state index contributed by atoms with van der Waals surface area (Å²) in [6.07, 6.45) is -0.00524. The SMILES string of the molecule is COc1ccc(C(OC[C@H]2O[C@@H](n3ccc(=O)[nH]c3=O)[C@H](N(C)O)[C@@H]2[Se]c2ccccc2)(c2ccccc2)c2ccccc2)cc1. The van der Waals surface area contributed by atoms with Crippen LogP contribution in [0.3, 0.4) is 0 Å². The summed E-state index contributed by atoms with van der Waals surface area (Å²) < 4.78 is 21.8. The molecule has 236 valence electrons. The van der Waals surface area contributed by atoms with Gasteiger partial charge in [0, 0.05) is 0 Å². The molecule has 1 aromatic heterocycles. The maximum atomic E-state index is 13.0. The zero-order valence-electron chi connectivity index (χ0n) is 25.4. The Bertz CT molecular complexity index is 1790. The van der Waals surface area contributed by atoms with Crippen LogP contribution in [0.25, 0.3) is 0 Å². The van der Waals surface area contributed by atoms with E-state index in [0.717, 1.165) is 32.0 Å². The Morgan fingerprint density at radius 1 is 0.848 bits per heavy atom. The first-order chi connectivity index (χ1) is 22.4. The molecule has 0 radical (unpaired) electrons. The van der Waals surface area contributed by atoms with Gasteiger partial charge < -0.3 is 0 Å². The number of methoxy groups -OCH3 is 1. The van der Waals surface area contributed by atoms with E-state index in [1.807, 2.05) is 103 Å². The van der Waals surface area contributed by atoms with Gasteiger partial charge in [-0.05, 0) is 0 Å². The first-order valence-corrected chi connectivity index (χ1v) is 16.7. The quantitative estimate of drug-likeness (QED) is 0.123. The monoisotopic (exact) mass is 685 g/mol. The fourth-order valence-electron chi connectivity index (χ4n) is 6.04. The summed E-state index contributed by atoms with van der Waals surface area (Å²) in [6, 6.07) is 38.7. The molecule has 2 heterocycles. The topological polar surface area (TPSA) is 106 Å². The van der Waals surface area contributed by atoms with Gasteiger partial charge in [-0.15, -0.1) is 0 Å². The van der Waals surface area contributed by atoms with Gasteiger partial charge in [-0.25, -0.2) is 0 Å². The Balaban J connectivity index is 1.46. The van der Waals surface area contributed by atoms with Crippen LogP contribution in [0, 0.1) is 0 Å². The summed E-state index contributed by atoms with van der Waals surface area (Å²) in [6.45, 7) is 0.133. The third kappa shape index (κ3) is 6.37. The van der Waals surface area contributed by atoms with Crippen LogP contribution in [0.4, 0.5) is 0 Å². The average Bonchev–Trinajstić information content (AvgIpc) is 3.44. The van der Waals surface area contributed by atoms with Crippen LogP contribution in [0.1, 0.15) is 22.9 Å². The van der Waals surface area contributed by atoms with Gasteiger partial charge in [-0.3, -0.25) is 0 Å². The molecule has 4 aromatic carbocycles. The number of benzene rings is 4. The van der Waals surface area contributed by atoms with Crippen molar-refractivity contribution >= 4 is 19.4 Å². The molecule has 5 aromatic rings. The molecular formula is C36H35N3O6Se. The number of hydrogen-bond acceptors (Lipinski definition) is 7. The molecule has 0 aliphatic carbocycles. The van der Waals surface area contributed by atoms with Gasteiger partial charge in [0.15, 0.2) is 0 Å². The van der Waals surface area contributed by atoms with Gasteiger partial charge in [0.1, 0.15) is 0 Å². The Morgan fingerprint density at radius 3 is 1.96 bits per heavy atom. The summed E-state index contributed by atoms with van der Waals surface area (Å²) in [7, 11) is 3.20. The second-order valence-corrected chi connectivity index (χ2v) is 13.6. The van der Waals surface area contributed by atoms with Crippen molar-refractivity contribution in [3.8, 4) is 5.75 Å². The second kappa shape index (κ2) is 14.0. The molecular weight excluding hydrogens is 649 g/mol. The predicted octanol–water partition coefficient (Wildman–Crippen LogP) is 3.96. The Morgan fingerprint density at radius 2 is 1.41 bits per heavy atom. The number of hydroxylamine groups is 2. The van der Waals surface area contributed by atoms with Crippen LogP contribution in [0.5, 0.6) is 5.75 Å². The Kier molecular flexibility index (Phi) is 9.65. The van der Waals surface area contributed by atoms with Gasteiger partial charge in [-0.1, -0.05) is 0 Å². The van der Waals surface area contributed by atoms with Crippen molar-refractivity contribution in [1.29, 1.82) is 0 Å². The molecule has 4 atom stereocenters. The molecule has 2 N–H and O–H groups in total. The number of rotatable bonds is 11. The number of aromatic nitrogens is 2. The fraction of sp³-hybridized carbons (Fsp3) is 0.222. The van der Waals surface area contributed by atoms with Crippen LogP contribution in [0.15, 0.2) is 137 Å². The first kappa shape index (κ1) is 31.7. The minimum absolute atomic E-state index is 0.133. The number of hydrogen-bond donors (Lipinski definition) is 2. The van der Waals surface area contributed by atoms with Crippen molar-refractivity contribution in [1.82, 2.24) is 14.6 Å². The standard InChI is InChI=1S/C36H35N3O6Se/c1-38(42)32-33(46-29-16-10-5-11-17-29)30(45-34(32)39-23-22-31(40)37-35(39)41)24-44-36(25-12-6-3-7-13-25,26-14-8-4-9-15-26)27-18-20-28(43-2)21-19-27/h3-23,30,32-34,42H,24H2,1-2H3,(H,37,40,41)/t30-,32-,33-,34-/m1/s1. The molecule has 1 aliphatic heterocycles. The molecule has 46 heavy (non-hydrogen) atoms. The van der Waals surface area contributed by atoms with E-state index in [0.29, 0.717) is 0 Å². The summed E-state index contributed by atoms with van der Waals surface area (Å²) in [4.78, 5) is 27.0. The molecule has 0 bridgehead atoms. The van der Waals surface area contributed by atoms with Crippen molar-refractivity contribution in [3.05, 3.63) is 165 Å². The Hall–Kier alpha value is -4.28. The van der Waals surface area contributed by atoms with Gasteiger partial charge in [0.25, 0.3) is 0 Å². The summed E-state index contributed by atoms with van der Waals surface area (Å²) in [5.74, 6) is 0.728. The number of H-pyrrole nitrogens is 1. The normalized spacial score (nSPS) is 19.7. The van der Waals surface area contributed by atoms with Crippen molar-refractivity contribution in [2.24, 2.45) is 0 Å². The number of likely N-dealkylation sites (N-methyl/N-ethyl adjacent to an activating group) is 1. The van der Waals surface area contributed by atoms with Crippen LogP contribution >= 0.6 is 0 Å². The molecule has 6 rings (SSSR count). The number of nitrogens with zero attached hydrogens (tertiary/aromatic N) is 2. The number of ether oxygens (including phenoxy) is 3. The molecule has 10 heteroatoms. The van der Waals surface area contributed by atoms with E-state index in [-0.39, 0.29) is 26.4 Å². The fourth-order valence-corrected chi connectivity index (χ4v) is 8.92. The molecule has 0 spiro atoms. The number of aromatic amines is 1. The molecule has 9 nitrogen and oxygen atoms in total. The van der Waals surface area contributed by atoms with E-state index in [9.17, 15) is 14.8 Å². The first-order valence-electron chi connectivity index (χ1n) is 14.9. The van der Waals surface area contributed by atoms with Crippen molar-refractivity contribution in [3.63, 3.8) is 0 Å². The van der Waals surface area contributed by atoms with E-state index < -0.39 is 35.2 Å². The minimum atomic E-state index is -1.03.